The molecule has 0 amide bonds. The van der Waals surface area contributed by atoms with Crippen LogP contribution in [0.3, 0.4) is 0 Å². The summed E-state index contributed by atoms with van der Waals surface area (Å²) in [5.74, 6) is 1.54. The number of alkyl halides is 3. The molecular weight excluding hydrogens is 483 g/mol. The number of rotatable bonds is 9. The molecule has 4 rings (SSSR count). The lowest BCUT2D eigenvalue weighted by Gasteiger charge is -2.37. The van der Waals surface area contributed by atoms with Crippen LogP contribution in [0.4, 0.5) is 22.0 Å². The molecule has 3 aliphatic rings. The maximum atomic E-state index is 13.8. The minimum atomic E-state index is -0.766. The van der Waals surface area contributed by atoms with Gasteiger partial charge in [-0.2, -0.15) is 0 Å². The molecule has 0 N–H and O–H groups in total. The SMILES string of the molecule is CCCOc1c(F)cc(C2CCC(F)CC2)cc1F.FCCC1CCC(C2CCC(CCF)CC2)CC1. The van der Waals surface area contributed by atoms with Crippen LogP contribution in [-0.4, -0.2) is 26.1 Å². The fourth-order valence-corrected chi connectivity index (χ4v) is 6.75. The number of ether oxygens (including phenoxy) is 1. The van der Waals surface area contributed by atoms with Gasteiger partial charge in [-0.15, -0.1) is 0 Å². The van der Waals surface area contributed by atoms with Gasteiger partial charge in [0.05, 0.1) is 20.0 Å². The van der Waals surface area contributed by atoms with Gasteiger partial charge in [-0.25, -0.2) is 13.2 Å². The van der Waals surface area contributed by atoms with Gasteiger partial charge in [0.1, 0.15) is 6.17 Å². The Labute approximate surface area is 220 Å². The van der Waals surface area contributed by atoms with Crippen LogP contribution in [0.2, 0.25) is 0 Å². The van der Waals surface area contributed by atoms with Crippen LogP contribution in [0, 0.1) is 35.3 Å². The van der Waals surface area contributed by atoms with E-state index in [9.17, 15) is 22.0 Å². The molecule has 3 aliphatic carbocycles. The van der Waals surface area contributed by atoms with Gasteiger partial charge in [0.15, 0.2) is 17.4 Å². The Morgan fingerprint density at radius 1 is 0.703 bits per heavy atom. The minimum Gasteiger partial charge on any atom is -0.488 e. The number of hydrogen-bond acceptors (Lipinski definition) is 1. The molecule has 3 fully saturated rings. The smallest absolute Gasteiger partial charge is 0.190 e. The van der Waals surface area contributed by atoms with Crippen LogP contribution in [0.25, 0.3) is 0 Å². The van der Waals surface area contributed by atoms with Gasteiger partial charge < -0.3 is 4.74 Å². The number of halogens is 5. The minimum absolute atomic E-state index is 0.0521. The predicted molar refractivity (Wildman–Crippen MR) is 140 cm³/mol. The summed E-state index contributed by atoms with van der Waals surface area (Å²) in [6, 6.07) is 2.66. The fourth-order valence-electron chi connectivity index (χ4n) is 6.75. The Morgan fingerprint density at radius 3 is 1.57 bits per heavy atom. The summed E-state index contributed by atoms with van der Waals surface area (Å²) >= 11 is 0. The predicted octanol–water partition coefficient (Wildman–Crippen LogP) is 10.1. The third-order valence-electron chi connectivity index (χ3n) is 9.08. The molecule has 6 heteroatoms. The van der Waals surface area contributed by atoms with Crippen molar-refractivity contribution in [1.29, 1.82) is 0 Å². The summed E-state index contributed by atoms with van der Waals surface area (Å²) < 4.78 is 70.4. The lowest BCUT2D eigenvalue weighted by atomic mass is 9.68. The second-order valence-electron chi connectivity index (χ2n) is 11.6. The van der Waals surface area contributed by atoms with Crippen molar-refractivity contribution in [3.8, 4) is 5.75 Å². The van der Waals surface area contributed by atoms with E-state index < -0.39 is 17.8 Å². The summed E-state index contributed by atoms with van der Waals surface area (Å²) in [4.78, 5) is 0. The summed E-state index contributed by atoms with van der Waals surface area (Å²) in [5.41, 5.74) is 0.616. The first kappa shape index (κ1) is 30.2. The third-order valence-corrected chi connectivity index (χ3v) is 9.08. The first-order valence-electron chi connectivity index (χ1n) is 14.8. The Bertz CT molecular complexity index is 716. The van der Waals surface area contributed by atoms with Crippen molar-refractivity contribution in [2.45, 2.75) is 115 Å². The molecule has 1 aromatic rings. The molecule has 0 heterocycles. The third kappa shape index (κ3) is 9.42. The zero-order valence-corrected chi connectivity index (χ0v) is 22.6. The Morgan fingerprint density at radius 2 is 1.16 bits per heavy atom. The second kappa shape index (κ2) is 15.9. The van der Waals surface area contributed by atoms with E-state index in [4.69, 9.17) is 4.74 Å². The van der Waals surface area contributed by atoms with Crippen LogP contribution in [0.1, 0.15) is 115 Å². The Kier molecular flexibility index (Phi) is 13.0. The van der Waals surface area contributed by atoms with Gasteiger partial charge in [-0.3, -0.25) is 8.78 Å². The van der Waals surface area contributed by atoms with E-state index in [1.165, 1.54) is 63.5 Å². The largest absolute Gasteiger partial charge is 0.488 e. The van der Waals surface area contributed by atoms with Crippen molar-refractivity contribution in [3.05, 3.63) is 29.3 Å². The van der Waals surface area contributed by atoms with Gasteiger partial charge in [0.2, 0.25) is 0 Å². The lowest BCUT2D eigenvalue weighted by molar-refractivity contribution is 0.136. The highest BCUT2D eigenvalue weighted by molar-refractivity contribution is 5.33. The van der Waals surface area contributed by atoms with Gasteiger partial charge in [-0.05, 0) is 118 Å². The van der Waals surface area contributed by atoms with Crippen molar-refractivity contribution in [3.63, 3.8) is 0 Å². The highest BCUT2D eigenvalue weighted by Crippen LogP contribution is 2.42. The molecule has 0 spiro atoms. The van der Waals surface area contributed by atoms with E-state index in [0.717, 1.165) is 24.7 Å². The molecule has 3 saturated carbocycles. The molecule has 212 valence electrons. The normalized spacial score (nSPS) is 30.3. The zero-order chi connectivity index (χ0) is 26.6. The fraction of sp³-hybridized carbons (Fsp3) is 0.806. The summed E-state index contributed by atoms with van der Waals surface area (Å²) in [5, 5.41) is 0. The lowest BCUT2D eigenvalue weighted by Crippen LogP contribution is -2.26. The molecule has 1 aromatic carbocycles. The quantitative estimate of drug-likeness (QED) is 0.289. The molecule has 0 radical (unpaired) electrons. The van der Waals surface area contributed by atoms with Crippen LogP contribution in [0.5, 0.6) is 5.75 Å². The summed E-state index contributed by atoms with van der Waals surface area (Å²) in [7, 11) is 0. The topological polar surface area (TPSA) is 9.23 Å². The monoisotopic (exact) mass is 530 g/mol. The maximum Gasteiger partial charge on any atom is 0.190 e. The highest BCUT2D eigenvalue weighted by atomic mass is 19.1. The van der Waals surface area contributed by atoms with Gasteiger partial charge in [-0.1, -0.05) is 32.6 Å². The van der Waals surface area contributed by atoms with E-state index in [1.54, 1.807) is 0 Å². The molecule has 0 aliphatic heterocycles. The van der Waals surface area contributed by atoms with Crippen molar-refractivity contribution < 1.29 is 26.7 Å². The summed E-state index contributed by atoms with van der Waals surface area (Å²) in [6.45, 7) is 1.90. The molecule has 0 bridgehead atoms. The molecule has 0 saturated heterocycles. The van der Waals surface area contributed by atoms with Crippen molar-refractivity contribution in [2.75, 3.05) is 20.0 Å². The standard InChI is InChI=1S/C16H28F2.C15H19F3O/c17-11-9-13-1-5-15(6-2-13)16-7-3-14(4-8-16)10-12-18;1-2-7-19-15-13(17)8-11(9-14(15)18)10-3-5-12(16)6-4-10/h13-16H,1-12H2;8-10,12H,2-7H2,1H3. The van der Waals surface area contributed by atoms with Gasteiger partial charge in [0, 0.05) is 0 Å². The van der Waals surface area contributed by atoms with E-state index >= 15 is 0 Å². The molecule has 0 aromatic heterocycles. The molecule has 37 heavy (non-hydrogen) atoms. The molecule has 1 nitrogen and oxygen atoms in total. The van der Waals surface area contributed by atoms with Crippen LogP contribution in [0.15, 0.2) is 12.1 Å². The first-order valence-corrected chi connectivity index (χ1v) is 14.8. The highest BCUT2D eigenvalue weighted by Gasteiger charge is 2.30. The first-order chi connectivity index (χ1) is 17.9. The van der Waals surface area contributed by atoms with Gasteiger partial charge >= 0.3 is 0 Å². The van der Waals surface area contributed by atoms with E-state index in [1.807, 2.05) is 6.92 Å². The van der Waals surface area contributed by atoms with Crippen LogP contribution in [-0.2, 0) is 0 Å². The molecular formula is C31H47F5O. The van der Waals surface area contributed by atoms with Crippen molar-refractivity contribution in [2.24, 2.45) is 23.7 Å². The molecule has 0 atom stereocenters. The van der Waals surface area contributed by atoms with E-state index in [2.05, 4.69) is 0 Å². The van der Waals surface area contributed by atoms with Crippen LogP contribution < -0.4 is 4.74 Å². The van der Waals surface area contributed by atoms with Gasteiger partial charge in [0.25, 0.3) is 0 Å². The molecule has 0 unspecified atom stereocenters. The summed E-state index contributed by atoms with van der Waals surface area (Å²) in [6.07, 6.45) is 14.0. The number of hydrogen-bond donors (Lipinski definition) is 0. The number of benzene rings is 1. The Hall–Kier alpha value is -1.33. The average Bonchev–Trinajstić information content (AvgIpc) is 2.90. The zero-order valence-electron chi connectivity index (χ0n) is 22.6. The van der Waals surface area contributed by atoms with Crippen LogP contribution >= 0.6 is 0 Å². The van der Waals surface area contributed by atoms with Crippen molar-refractivity contribution >= 4 is 0 Å². The second-order valence-corrected chi connectivity index (χ2v) is 11.6. The maximum absolute atomic E-state index is 13.8. The Balaban J connectivity index is 0.000000206. The van der Waals surface area contributed by atoms with Crippen molar-refractivity contribution in [1.82, 2.24) is 0 Å². The average molecular weight is 531 g/mol. The van der Waals surface area contributed by atoms with E-state index in [-0.39, 0.29) is 25.0 Å². The van der Waals surface area contributed by atoms with E-state index in [0.29, 0.717) is 56.1 Å².